The zero-order valence-electron chi connectivity index (χ0n) is 8.43. The molecule has 1 N–H and O–H groups in total. The molecule has 0 fully saturated rings. The summed E-state index contributed by atoms with van der Waals surface area (Å²) in [5, 5.41) is 0. The fourth-order valence-electron chi connectivity index (χ4n) is 1.49. The van der Waals surface area contributed by atoms with E-state index in [4.69, 9.17) is 0 Å². The number of hydrogen-bond donors (Lipinski definition) is 1. The summed E-state index contributed by atoms with van der Waals surface area (Å²) >= 11 is 0. The first-order valence-corrected chi connectivity index (χ1v) is 4.76. The first kappa shape index (κ1) is 9.85. The van der Waals surface area contributed by atoms with Crippen LogP contribution in [0.4, 0.5) is 0 Å². The van der Waals surface area contributed by atoms with Crippen LogP contribution in [-0.2, 0) is 12.8 Å². The van der Waals surface area contributed by atoms with Crippen molar-refractivity contribution in [1.29, 1.82) is 0 Å². The molecule has 1 rings (SSSR count). The van der Waals surface area contributed by atoms with E-state index < -0.39 is 0 Å². The number of rotatable bonds is 4. The van der Waals surface area contributed by atoms with Crippen molar-refractivity contribution in [2.75, 3.05) is 0 Å². The highest BCUT2D eigenvalue weighted by molar-refractivity contribution is 5.51. The van der Waals surface area contributed by atoms with Crippen molar-refractivity contribution in [2.45, 2.75) is 26.7 Å². The molecule has 0 saturated heterocycles. The topological polar surface area (TPSA) is 15.8 Å². The molecule has 1 heterocycles. The molecule has 0 aromatic carbocycles. The minimum Gasteiger partial charge on any atom is -0.361 e. The normalized spacial score (nSPS) is 10.9. The molecule has 1 aromatic rings. The van der Waals surface area contributed by atoms with E-state index in [1.165, 1.54) is 11.1 Å². The maximum atomic E-state index is 3.79. The molecule has 1 nitrogen and oxygen atoms in total. The monoisotopic (exact) mass is 175 g/mol. The second-order valence-electron chi connectivity index (χ2n) is 3.04. The smallest absolute Gasteiger partial charge is 0.0412 e. The van der Waals surface area contributed by atoms with E-state index in [2.05, 4.69) is 36.8 Å². The second kappa shape index (κ2) is 4.70. The number of aryl methyl sites for hydroxylation is 1. The fourth-order valence-corrected chi connectivity index (χ4v) is 1.49. The molecule has 0 aliphatic heterocycles. The number of aromatic amines is 1. The van der Waals surface area contributed by atoms with E-state index in [0.717, 1.165) is 18.5 Å². The molecular weight excluding hydrogens is 158 g/mol. The molecule has 0 aliphatic carbocycles. The van der Waals surface area contributed by atoms with Crippen LogP contribution < -0.4 is 0 Å². The van der Waals surface area contributed by atoms with Crippen LogP contribution in [0.2, 0.25) is 0 Å². The summed E-state index contributed by atoms with van der Waals surface area (Å²) in [5.74, 6) is 0. The van der Waals surface area contributed by atoms with E-state index in [1.807, 2.05) is 13.0 Å². The van der Waals surface area contributed by atoms with Gasteiger partial charge in [-0.3, -0.25) is 0 Å². The highest BCUT2D eigenvalue weighted by atomic mass is 14.7. The summed E-state index contributed by atoms with van der Waals surface area (Å²) in [6, 6.07) is 0. The summed E-state index contributed by atoms with van der Waals surface area (Å²) in [7, 11) is 0. The van der Waals surface area contributed by atoms with Crippen molar-refractivity contribution < 1.29 is 0 Å². The predicted octanol–water partition coefficient (Wildman–Crippen LogP) is 3.34. The first-order valence-electron chi connectivity index (χ1n) is 4.76. The number of hydrogen-bond acceptors (Lipinski definition) is 0. The Balaban J connectivity index is 2.97. The average Bonchev–Trinajstić information content (AvgIpc) is 2.56. The van der Waals surface area contributed by atoms with Crippen molar-refractivity contribution in [2.24, 2.45) is 0 Å². The summed E-state index contributed by atoms with van der Waals surface area (Å²) in [4.78, 5) is 3.23. The number of H-pyrrole nitrogens is 1. The number of nitrogens with one attached hydrogen (secondary N) is 1. The van der Waals surface area contributed by atoms with Crippen molar-refractivity contribution in [3.63, 3.8) is 0 Å². The number of aromatic nitrogens is 1. The van der Waals surface area contributed by atoms with Gasteiger partial charge in [-0.2, -0.15) is 0 Å². The van der Waals surface area contributed by atoms with Gasteiger partial charge in [-0.15, -0.1) is 0 Å². The number of allylic oxidation sites excluding steroid dienone is 2. The van der Waals surface area contributed by atoms with Crippen LogP contribution >= 0.6 is 0 Å². The molecule has 0 amide bonds. The van der Waals surface area contributed by atoms with Gasteiger partial charge in [0.25, 0.3) is 0 Å². The lowest BCUT2D eigenvalue weighted by molar-refractivity contribution is 1.09. The third kappa shape index (κ3) is 2.11. The molecule has 0 aliphatic rings. The summed E-state index contributed by atoms with van der Waals surface area (Å²) in [5.41, 5.74) is 3.94. The summed E-state index contributed by atoms with van der Waals surface area (Å²) in [6.07, 6.45) is 10.3. The predicted molar refractivity (Wildman–Crippen MR) is 58.8 cm³/mol. The molecule has 70 valence electrons. The van der Waals surface area contributed by atoms with Crippen LogP contribution in [0, 0.1) is 0 Å². The molecule has 13 heavy (non-hydrogen) atoms. The van der Waals surface area contributed by atoms with Gasteiger partial charge in [0, 0.05) is 11.9 Å². The van der Waals surface area contributed by atoms with E-state index in [-0.39, 0.29) is 0 Å². The van der Waals surface area contributed by atoms with Crippen molar-refractivity contribution in [3.8, 4) is 0 Å². The lowest BCUT2D eigenvalue weighted by atomic mass is 10.1. The highest BCUT2D eigenvalue weighted by Crippen LogP contribution is 2.16. The molecule has 0 atom stereocenters. The Morgan fingerprint density at radius 3 is 2.85 bits per heavy atom. The Bertz CT molecular complexity index is 305. The van der Waals surface area contributed by atoms with Crippen LogP contribution in [0.3, 0.4) is 0 Å². The van der Waals surface area contributed by atoms with Crippen molar-refractivity contribution in [1.82, 2.24) is 4.98 Å². The Morgan fingerprint density at radius 2 is 2.31 bits per heavy atom. The highest BCUT2D eigenvalue weighted by Gasteiger charge is 2.04. The quantitative estimate of drug-likeness (QED) is 0.675. The SMILES string of the molecule is C=Cc1[nH]cc(CC)c1C/C=C\C. The lowest BCUT2D eigenvalue weighted by Crippen LogP contribution is -1.87. The van der Waals surface area contributed by atoms with Gasteiger partial charge in [0.15, 0.2) is 0 Å². The lowest BCUT2D eigenvalue weighted by Gasteiger charge is -1.99. The van der Waals surface area contributed by atoms with Gasteiger partial charge in [-0.05, 0) is 37.0 Å². The van der Waals surface area contributed by atoms with Crippen molar-refractivity contribution >= 4 is 6.08 Å². The van der Waals surface area contributed by atoms with Gasteiger partial charge in [-0.25, -0.2) is 0 Å². The summed E-state index contributed by atoms with van der Waals surface area (Å²) < 4.78 is 0. The third-order valence-electron chi connectivity index (χ3n) is 2.26. The van der Waals surface area contributed by atoms with Gasteiger partial charge >= 0.3 is 0 Å². The average molecular weight is 175 g/mol. The Hall–Kier alpha value is -1.24. The molecule has 0 spiro atoms. The van der Waals surface area contributed by atoms with Crippen molar-refractivity contribution in [3.05, 3.63) is 41.7 Å². The zero-order chi connectivity index (χ0) is 9.68. The van der Waals surface area contributed by atoms with Crippen LogP contribution in [0.5, 0.6) is 0 Å². The van der Waals surface area contributed by atoms with Gasteiger partial charge < -0.3 is 4.98 Å². The second-order valence-corrected chi connectivity index (χ2v) is 3.04. The maximum absolute atomic E-state index is 3.79. The van der Waals surface area contributed by atoms with E-state index in [9.17, 15) is 0 Å². The third-order valence-corrected chi connectivity index (χ3v) is 2.26. The van der Waals surface area contributed by atoms with E-state index in [0.29, 0.717) is 0 Å². The first-order chi connectivity index (χ1) is 6.33. The van der Waals surface area contributed by atoms with Crippen LogP contribution in [0.15, 0.2) is 24.9 Å². The van der Waals surface area contributed by atoms with Gasteiger partial charge in [0.1, 0.15) is 0 Å². The molecule has 0 radical (unpaired) electrons. The Labute approximate surface area is 80.2 Å². The minimum absolute atomic E-state index is 1.00. The standard InChI is InChI=1S/C12H17N/c1-4-7-8-11-10(5-2)9-13-12(11)6-3/h4,6-7,9,13H,3,5,8H2,1-2H3/b7-4-. The Morgan fingerprint density at radius 1 is 1.54 bits per heavy atom. The maximum Gasteiger partial charge on any atom is 0.0412 e. The van der Waals surface area contributed by atoms with Crippen LogP contribution in [0.25, 0.3) is 6.08 Å². The summed E-state index contributed by atoms with van der Waals surface area (Å²) in [6.45, 7) is 8.02. The van der Waals surface area contributed by atoms with Crippen LogP contribution in [-0.4, -0.2) is 4.98 Å². The van der Waals surface area contributed by atoms with E-state index >= 15 is 0 Å². The molecule has 1 aromatic heterocycles. The fraction of sp³-hybridized carbons (Fsp3) is 0.333. The Kier molecular flexibility index (Phi) is 3.56. The minimum atomic E-state index is 1.00. The molecule has 0 bridgehead atoms. The van der Waals surface area contributed by atoms with Gasteiger partial charge in [-0.1, -0.05) is 25.7 Å². The molecule has 0 unspecified atom stereocenters. The largest absolute Gasteiger partial charge is 0.361 e. The molecule has 1 heteroatoms. The van der Waals surface area contributed by atoms with E-state index in [1.54, 1.807) is 0 Å². The molecule has 0 saturated carbocycles. The van der Waals surface area contributed by atoms with Crippen LogP contribution in [0.1, 0.15) is 30.7 Å². The molecular formula is C12H17N. The van der Waals surface area contributed by atoms with Gasteiger partial charge in [0.2, 0.25) is 0 Å². The zero-order valence-corrected chi connectivity index (χ0v) is 8.43. The van der Waals surface area contributed by atoms with Gasteiger partial charge in [0.05, 0.1) is 0 Å².